The number of ketones is 1. The largest absolute Gasteiger partial charge is 0.493 e. The van der Waals surface area contributed by atoms with E-state index in [9.17, 15) is 20.5 Å². The Hall–Kier alpha value is -5.01. The van der Waals surface area contributed by atoms with E-state index in [2.05, 4.69) is 0 Å². The summed E-state index contributed by atoms with van der Waals surface area (Å²) in [5.74, 6) is 0.717. The number of aromatic nitrogens is 1. The van der Waals surface area contributed by atoms with Crippen molar-refractivity contribution in [2.75, 3.05) is 14.2 Å². The number of methoxy groups -OCH3 is 2. The molecule has 0 spiro atoms. The number of rotatable bonds is 6. The number of nitrogens with zero attached hydrogens (tertiary/aromatic N) is 3. The smallest absolute Gasteiger partial charge is 0.188 e. The lowest BCUT2D eigenvalue weighted by Crippen LogP contribution is -2.00. The molecule has 7 heteroatoms. The summed E-state index contributed by atoms with van der Waals surface area (Å²) in [7, 11) is 3.07. The van der Waals surface area contributed by atoms with E-state index in [1.54, 1.807) is 55.7 Å². The molecular weight excluding hydrogens is 430 g/mol. The van der Waals surface area contributed by atoms with Crippen LogP contribution < -0.4 is 9.47 Å². The average molecular weight is 449 g/mol. The quantitative estimate of drug-likeness (QED) is 0.246. The number of allylic oxidation sites excluding steroid dienone is 1. The highest BCUT2D eigenvalue weighted by atomic mass is 16.5. The number of hydrogen-bond donors (Lipinski definition) is 1. The second-order valence-corrected chi connectivity index (χ2v) is 7.35. The fraction of sp³-hybridized carbons (Fsp3) is 0.0741. The van der Waals surface area contributed by atoms with Crippen LogP contribution in [0.15, 0.2) is 66.7 Å². The highest BCUT2D eigenvalue weighted by Crippen LogP contribution is 2.35. The number of carbonyl (C=O) groups excluding carboxylic acids is 1. The predicted molar refractivity (Wildman–Crippen MR) is 127 cm³/mol. The van der Waals surface area contributed by atoms with Crippen molar-refractivity contribution >= 4 is 22.8 Å². The molecule has 0 bridgehead atoms. The van der Waals surface area contributed by atoms with Crippen LogP contribution in [0.1, 0.15) is 27.0 Å². The minimum Gasteiger partial charge on any atom is -0.493 e. The van der Waals surface area contributed by atoms with Gasteiger partial charge in [-0.1, -0.05) is 42.5 Å². The lowest BCUT2D eigenvalue weighted by atomic mass is 9.98. The predicted octanol–water partition coefficient (Wildman–Crippen LogP) is 5.20. The van der Waals surface area contributed by atoms with Crippen molar-refractivity contribution in [3.05, 3.63) is 89.0 Å². The lowest BCUT2D eigenvalue weighted by molar-refractivity contribution is 0.104. The third kappa shape index (κ3) is 3.83. The molecule has 0 aliphatic rings. The van der Waals surface area contributed by atoms with Gasteiger partial charge in [0.15, 0.2) is 17.3 Å². The summed E-state index contributed by atoms with van der Waals surface area (Å²) in [5.41, 5.74) is 2.32. The fourth-order valence-electron chi connectivity index (χ4n) is 3.83. The van der Waals surface area contributed by atoms with Gasteiger partial charge in [-0.3, -0.25) is 4.79 Å². The van der Waals surface area contributed by atoms with Crippen LogP contribution >= 0.6 is 0 Å². The van der Waals surface area contributed by atoms with Crippen LogP contribution in [-0.4, -0.2) is 29.9 Å². The van der Waals surface area contributed by atoms with E-state index in [4.69, 9.17) is 9.47 Å². The Morgan fingerprint density at radius 3 is 2.26 bits per heavy atom. The van der Waals surface area contributed by atoms with Crippen molar-refractivity contribution in [3.8, 4) is 34.9 Å². The van der Waals surface area contributed by atoms with Crippen LogP contribution in [0.5, 0.6) is 11.5 Å². The van der Waals surface area contributed by atoms with Gasteiger partial charge in [0.2, 0.25) is 0 Å². The van der Waals surface area contributed by atoms with Crippen molar-refractivity contribution in [1.82, 2.24) is 4.73 Å². The Morgan fingerprint density at radius 2 is 1.62 bits per heavy atom. The molecule has 0 aliphatic heterocycles. The number of carbonyl (C=O) groups is 1. The number of nitriles is 2. The summed E-state index contributed by atoms with van der Waals surface area (Å²) in [4.78, 5) is 13.5. The maximum absolute atomic E-state index is 13.5. The van der Waals surface area contributed by atoms with Gasteiger partial charge in [-0.25, -0.2) is 0 Å². The molecule has 0 saturated heterocycles. The molecule has 0 radical (unpaired) electrons. The molecule has 0 atom stereocenters. The van der Waals surface area contributed by atoms with Crippen LogP contribution in [0.2, 0.25) is 0 Å². The molecule has 4 aromatic rings. The maximum atomic E-state index is 13.5. The third-order valence-corrected chi connectivity index (χ3v) is 5.45. The Labute approximate surface area is 195 Å². The SMILES string of the molecule is COc1ccc(/C=C/C(=O)c2c(-c3ccccc3)n(O)c3cc(C#N)c(C#N)cc23)cc1OC. The van der Waals surface area contributed by atoms with E-state index in [1.807, 2.05) is 18.2 Å². The van der Waals surface area contributed by atoms with Gasteiger partial charge in [0.05, 0.1) is 42.1 Å². The first-order chi connectivity index (χ1) is 16.5. The lowest BCUT2D eigenvalue weighted by Gasteiger charge is -2.07. The third-order valence-electron chi connectivity index (χ3n) is 5.45. The molecule has 1 N–H and O–H groups in total. The number of hydrogen-bond acceptors (Lipinski definition) is 6. The molecule has 7 nitrogen and oxygen atoms in total. The molecular formula is C27H19N3O4. The minimum absolute atomic E-state index is 0.113. The average Bonchev–Trinajstić information content (AvgIpc) is 3.17. The second kappa shape index (κ2) is 9.23. The Balaban J connectivity index is 1.90. The standard InChI is InChI=1S/C27H19N3O4/c1-33-24-11-9-17(12-25(24)34-2)8-10-23(31)26-21-13-19(15-28)20(16-29)14-22(21)30(32)27(26)18-6-4-3-5-7-18/h3-14,32H,1-2H3/b10-8+. The molecule has 1 aromatic heterocycles. The van der Waals surface area contributed by atoms with E-state index < -0.39 is 0 Å². The molecule has 3 aromatic carbocycles. The second-order valence-electron chi connectivity index (χ2n) is 7.35. The molecule has 166 valence electrons. The molecule has 0 saturated carbocycles. The first kappa shape index (κ1) is 22.2. The summed E-state index contributed by atoms with van der Waals surface area (Å²) >= 11 is 0. The van der Waals surface area contributed by atoms with Crippen molar-refractivity contribution in [1.29, 1.82) is 10.5 Å². The van der Waals surface area contributed by atoms with Gasteiger partial charge in [-0.05, 0) is 35.9 Å². The number of benzene rings is 3. The molecule has 0 aliphatic carbocycles. The van der Waals surface area contributed by atoms with E-state index in [0.29, 0.717) is 28.0 Å². The van der Waals surface area contributed by atoms with Crippen LogP contribution in [-0.2, 0) is 0 Å². The van der Waals surface area contributed by atoms with Crippen molar-refractivity contribution in [3.63, 3.8) is 0 Å². The topological polar surface area (TPSA) is 108 Å². The van der Waals surface area contributed by atoms with Crippen LogP contribution in [0.25, 0.3) is 28.2 Å². The molecule has 4 rings (SSSR count). The highest BCUT2D eigenvalue weighted by Gasteiger charge is 2.24. The molecule has 0 unspecified atom stereocenters. The minimum atomic E-state index is -0.375. The fourth-order valence-corrected chi connectivity index (χ4v) is 3.83. The molecule has 0 amide bonds. The van der Waals surface area contributed by atoms with E-state index in [0.717, 1.165) is 4.73 Å². The van der Waals surface area contributed by atoms with E-state index in [1.165, 1.54) is 25.3 Å². The summed E-state index contributed by atoms with van der Waals surface area (Å²) < 4.78 is 11.5. The zero-order valence-corrected chi connectivity index (χ0v) is 18.4. The van der Waals surface area contributed by atoms with Gasteiger partial charge >= 0.3 is 0 Å². The Bertz CT molecular complexity index is 1520. The summed E-state index contributed by atoms with van der Waals surface area (Å²) in [6, 6.07) is 21.0. The number of ether oxygens (including phenoxy) is 2. The van der Waals surface area contributed by atoms with Crippen LogP contribution in [0, 0.1) is 22.7 Å². The van der Waals surface area contributed by atoms with Crippen molar-refractivity contribution < 1.29 is 19.5 Å². The molecule has 0 fully saturated rings. The highest BCUT2D eigenvalue weighted by molar-refractivity contribution is 6.19. The van der Waals surface area contributed by atoms with E-state index >= 15 is 0 Å². The van der Waals surface area contributed by atoms with Crippen LogP contribution in [0.4, 0.5) is 0 Å². The van der Waals surface area contributed by atoms with Gasteiger partial charge in [0.1, 0.15) is 12.1 Å². The molecule has 1 heterocycles. The first-order valence-corrected chi connectivity index (χ1v) is 10.2. The summed E-state index contributed by atoms with van der Waals surface area (Å²) in [5, 5.41) is 30.2. The van der Waals surface area contributed by atoms with Gasteiger partial charge < -0.3 is 14.7 Å². The Kier molecular flexibility index (Phi) is 6.03. The van der Waals surface area contributed by atoms with Crippen LogP contribution in [0.3, 0.4) is 0 Å². The van der Waals surface area contributed by atoms with Gasteiger partial charge in [0, 0.05) is 10.9 Å². The van der Waals surface area contributed by atoms with Crippen molar-refractivity contribution in [2.24, 2.45) is 0 Å². The summed E-state index contributed by atoms with van der Waals surface area (Å²) in [6.45, 7) is 0. The molecule has 34 heavy (non-hydrogen) atoms. The zero-order chi connectivity index (χ0) is 24.2. The Morgan fingerprint density at radius 1 is 0.941 bits per heavy atom. The first-order valence-electron chi connectivity index (χ1n) is 10.2. The normalized spacial score (nSPS) is 10.7. The maximum Gasteiger partial charge on any atom is 0.188 e. The zero-order valence-electron chi connectivity index (χ0n) is 18.4. The number of fused-ring (bicyclic) bond motifs is 1. The monoisotopic (exact) mass is 449 g/mol. The van der Waals surface area contributed by atoms with Crippen molar-refractivity contribution in [2.45, 2.75) is 0 Å². The van der Waals surface area contributed by atoms with Gasteiger partial charge in [0.25, 0.3) is 0 Å². The summed E-state index contributed by atoms with van der Waals surface area (Å²) in [6.07, 6.45) is 3.03. The van der Waals surface area contributed by atoms with Gasteiger partial charge in [-0.2, -0.15) is 15.3 Å². The van der Waals surface area contributed by atoms with Gasteiger partial charge in [-0.15, -0.1) is 0 Å². The van der Waals surface area contributed by atoms with E-state index in [-0.39, 0.29) is 33.7 Å².